The number of hydrogen-bond donors (Lipinski definition) is 0. The van der Waals surface area contributed by atoms with Gasteiger partial charge in [0.1, 0.15) is 0 Å². The summed E-state index contributed by atoms with van der Waals surface area (Å²) in [7, 11) is 0. The Morgan fingerprint density at radius 2 is 1.59 bits per heavy atom. The molecule has 0 rings (SSSR count). The number of unbranched alkanes of at least 4 members (excludes halogenated alkanes) is 7. The van der Waals surface area contributed by atoms with Crippen molar-refractivity contribution in [2.75, 3.05) is 11.5 Å². The molecule has 0 aliphatic rings. The predicted octanol–water partition coefficient (Wildman–Crippen LogP) is 6.07. The van der Waals surface area contributed by atoms with Crippen molar-refractivity contribution in [2.24, 2.45) is 5.92 Å². The van der Waals surface area contributed by atoms with Gasteiger partial charge in [-0.15, -0.1) is 6.58 Å². The number of allylic oxidation sites excluding steroid dienone is 1. The largest absolute Gasteiger partial charge is 0.162 e. The summed E-state index contributed by atoms with van der Waals surface area (Å²) in [5, 5.41) is 0. The van der Waals surface area contributed by atoms with E-state index in [1.54, 1.807) is 0 Å². The summed E-state index contributed by atoms with van der Waals surface area (Å²) in [5.41, 5.74) is 0. The van der Waals surface area contributed by atoms with Gasteiger partial charge < -0.3 is 0 Å². The quantitative estimate of drug-likeness (QED) is 0.284. The molecule has 102 valence electrons. The van der Waals surface area contributed by atoms with Crippen LogP contribution in [0.2, 0.25) is 0 Å². The van der Waals surface area contributed by atoms with Gasteiger partial charge in [-0.1, -0.05) is 58.4 Å². The third-order valence-corrected chi connectivity index (χ3v) is 4.68. The maximum Gasteiger partial charge on any atom is -0.00419 e. The van der Waals surface area contributed by atoms with Crippen LogP contribution in [0.15, 0.2) is 12.7 Å². The van der Waals surface area contributed by atoms with Crippen LogP contribution in [-0.2, 0) is 0 Å². The van der Waals surface area contributed by atoms with Gasteiger partial charge in [0.25, 0.3) is 0 Å². The zero-order chi connectivity index (χ0) is 12.8. The second kappa shape index (κ2) is 14.2. The van der Waals surface area contributed by atoms with Crippen LogP contribution in [0.3, 0.4) is 0 Å². The zero-order valence-corrected chi connectivity index (χ0v) is 12.9. The Balaban J connectivity index is 2.96. The minimum atomic E-state index is 0.907. The lowest BCUT2D eigenvalue weighted by Crippen LogP contribution is -1.96. The highest BCUT2D eigenvalue weighted by Crippen LogP contribution is 2.14. The highest BCUT2D eigenvalue weighted by Gasteiger charge is 1.98. The summed E-state index contributed by atoms with van der Waals surface area (Å²) in [5.74, 6) is 3.64. The fourth-order valence-electron chi connectivity index (χ4n) is 1.78. The van der Waals surface area contributed by atoms with Crippen LogP contribution < -0.4 is 0 Å². The molecule has 1 atom stereocenters. The lowest BCUT2D eigenvalue weighted by atomic mass is 10.1. The van der Waals surface area contributed by atoms with Crippen LogP contribution in [0.1, 0.15) is 71.6 Å². The van der Waals surface area contributed by atoms with Crippen LogP contribution in [-0.4, -0.2) is 11.5 Å². The number of hydrogen-bond acceptors (Lipinski definition) is 1. The summed E-state index contributed by atoms with van der Waals surface area (Å²) >= 11 is 2.15. The monoisotopic (exact) mass is 256 g/mol. The van der Waals surface area contributed by atoms with Gasteiger partial charge in [0.15, 0.2) is 0 Å². The van der Waals surface area contributed by atoms with E-state index in [2.05, 4.69) is 32.2 Å². The van der Waals surface area contributed by atoms with Crippen LogP contribution in [0.25, 0.3) is 0 Å². The Morgan fingerprint density at radius 3 is 2.18 bits per heavy atom. The summed E-state index contributed by atoms with van der Waals surface area (Å²) in [6.07, 6.45) is 14.5. The summed E-state index contributed by atoms with van der Waals surface area (Å²) in [6, 6.07) is 0. The van der Waals surface area contributed by atoms with Gasteiger partial charge in [-0.25, -0.2) is 0 Å². The molecule has 0 heterocycles. The topological polar surface area (TPSA) is 0 Å². The highest BCUT2D eigenvalue weighted by atomic mass is 32.2. The molecule has 0 N–H and O–H groups in total. The molecule has 0 saturated carbocycles. The average molecular weight is 256 g/mol. The van der Waals surface area contributed by atoms with Crippen molar-refractivity contribution in [1.82, 2.24) is 0 Å². The van der Waals surface area contributed by atoms with Crippen LogP contribution >= 0.6 is 11.8 Å². The van der Waals surface area contributed by atoms with E-state index in [4.69, 9.17) is 0 Å². The first-order valence-electron chi connectivity index (χ1n) is 7.49. The zero-order valence-electron chi connectivity index (χ0n) is 12.0. The lowest BCUT2D eigenvalue weighted by Gasteiger charge is -2.07. The van der Waals surface area contributed by atoms with E-state index < -0.39 is 0 Å². The van der Waals surface area contributed by atoms with Crippen molar-refractivity contribution in [2.45, 2.75) is 71.6 Å². The molecule has 0 bridgehead atoms. The smallest absolute Gasteiger partial charge is 0.00419 e. The van der Waals surface area contributed by atoms with Crippen molar-refractivity contribution < 1.29 is 0 Å². The summed E-state index contributed by atoms with van der Waals surface area (Å²) in [4.78, 5) is 0. The molecule has 0 aromatic heterocycles. The summed E-state index contributed by atoms with van der Waals surface area (Å²) < 4.78 is 0. The SMILES string of the molecule is C=CCCCCCCCCCSCC(C)CC. The van der Waals surface area contributed by atoms with Crippen molar-refractivity contribution in [1.29, 1.82) is 0 Å². The third kappa shape index (κ3) is 14.0. The van der Waals surface area contributed by atoms with Gasteiger partial charge in [0.05, 0.1) is 0 Å². The summed E-state index contributed by atoms with van der Waals surface area (Å²) in [6.45, 7) is 8.40. The first kappa shape index (κ1) is 17.1. The van der Waals surface area contributed by atoms with Crippen LogP contribution in [0.4, 0.5) is 0 Å². The minimum Gasteiger partial charge on any atom is -0.162 e. The number of rotatable bonds is 13. The normalized spacial score (nSPS) is 12.6. The second-order valence-corrected chi connectivity index (χ2v) is 6.29. The Hall–Kier alpha value is 0.0900. The van der Waals surface area contributed by atoms with Crippen molar-refractivity contribution in [3.8, 4) is 0 Å². The standard InChI is InChI=1S/C16H32S/c1-4-6-7-8-9-10-11-12-13-14-17-15-16(3)5-2/h4,16H,1,5-15H2,2-3H3. The molecular weight excluding hydrogens is 224 g/mol. The Morgan fingerprint density at radius 1 is 1.00 bits per heavy atom. The van der Waals surface area contributed by atoms with E-state index in [1.165, 1.54) is 69.3 Å². The molecule has 1 heteroatoms. The van der Waals surface area contributed by atoms with Crippen molar-refractivity contribution >= 4 is 11.8 Å². The lowest BCUT2D eigenvalue weighted by molar-refractivity contribution is 0.593. The van der Waals surface area contributed by atoms with Crippen LogP contribution in [0.5, 0.6) is 0 Å². The molecule has 0 aromatic carbocycles. The molecule has 0 aromatic rings. The Bertz CT molecular complexity index is 154. The third-order valence-electron chi connectivity index (χ3n) is 3.30. The van der Waals surface area contributed by atoms with E-state index in [9.17, 15) is 0 Å². The van der Waals surface area contributed by atoms with Gasteiger partial charge in [-0.3, -0.25) is 0 Å². The average Bonchev–Trinajstić information content (AvgIpc) is 2.35. The maximum atomic E-state index is 3.75. The number of thioether (sulfide) groups is 1. The molecule has 1 unspecified atom stereocenters. The molecule has 0 nitrogen and oxygen atoms in total. The van der Waals surface area contributed by atoms with Gasteiger partial charge in [0.2, 0.25) is 0 Å². The predicted molar refractivity (Wildman–Crippen MR) is 83.9 cm³/mol. The molecule has 17 heavy (non-hydrogen) atoms. The molecular formula is C16H32S. The molecule has 0 amide bonds. The minimum absolute atomic E-state index is 0.907. The second-order valence-electron chi connectivity index (χ2n) is 5.14. The van der Waals surface area contributed by atoms with E-state index in [0.717, 1.165) is 5.92 Å². The highest BCUT2D eigenvalue weighted by molar-refractivity contribution is 7.99. The van der Waals surface area contributed by atoms with E-state index in [-0.39, 0.29) is 0 Å². The van der Waals surface area contributed by atoms with Gasteiger partial charge in [0, 0.05) is 0 Å². The van der Waals surface area contributed by atoms with Crippen molar-refractivity contribution in [3.05, 3.63) is 12.7 Å². The molecule has 0 fully saturated rings. The molecule has 0 spiro atoms. The fourth-order valence-corrected chi connectivity index (χ4v) is 2.99. The van der Waals surface area contributed by atoms with Gasteiger partial charge in [-0.2, -0.15) is 11.8 Å². The first-order chi connectivity index (χ1) is 8.31. The first-order valence-corrected chi connectivity index (χ1v) is 8.65. The fraction of sp³-hybridized carbons (Fsp3) is 0.875. The molecule has 0 aliphatic carbocycles. The molecule has 0 radical (unpaired) electrons. The van der Waals surface area contributed by atoms with Crippen molar-refractivity contribution in [3.63, 3.8) is 0 Å². The Kier molecular flexibility index (Phi) is 14.2. The molecule has 0 saturated heterocycles. The van der Waals surface area contributed by atoms with E-state index in [0.29, 0.717) is 0 Å². The molecule has 0 aliphatic heterocycles. The van der Waals surface area contributed by atoms with E-state index in [1.807, 2.05) is 6.08 Å². The van der Waals surface area contributed by atoms with E-state index >= 15 is 0 Å². The van der Waals surface area contributed by atoms with Gasteiger partial charge >= 0.3 is 0 Å². The van der Waals surface area contributed by atoms with Gasteiger partial charge in [-0.05, 0) is 36.7 Å². The Labute approximate surface area is 114 Å². The maximum absolute atomic E-state index is 3.75. The van der Waals surface area contributed by atoms with Crippen LogP contribution in [0, 0.1) is 5.92 Å².